The molecule has 0 radical (unpaired) electrons. The summed E-state index contributed by atoms with van der Waals surface area (Å²) in [7, 11) is 1.33. The largest absolute Gasteiger partial charge is 0.465 e. The molecule has 96 valence electrons. The maximum Gasteiger partial charge on any atom is 0.337 e. The lowest BCUT2D eigenvalue weighted by Gasteiger charge is -2.03. The zero-order chi connectivity index (χ0) is 13.6. The van der Waals surface area contributed by atoms with Crippen molar-refractivity contribution >= 4 is 39.0 Å². The quantitative estimate of drug-likeness (QED) is 0.693. The van der Waals surface area contributed by atoms with Crippen molar-refractivity contribution in [1.29, 1.82) is 0 Å². The van der Waals surface area contributed by atoms with Crippen LogP contribution in [0.4, 0.5) is 0 Å². The first-order chi connectivity index (χ1) is 9.11. The number of methoxy groups -OCH3 is 1. The maximum absolute atomic E-state index is 12.1. The van der Waals surface area contributed by atoms with Gasteiger partial charge in [-0.2, -0.15) is 0 Å². The molecule has 0 amide bonds. The Morgan fingerprint density at radius 3 is 2.84 bits per heavy atom. The third-order valence-electron chi connectivity index (χ3n) is 3.18. The number of thiophene rings is 1. The van der Waals surface area contributed by atoms with Crippen LogP contribution in [-0.2, 0) is 4.74 Å². The van der Waals surface area contributed by atoms with Crippen LogP contribution in [0.5, 0.6) is 0 Å². The number of ether oxygens (including phenoxy) is 1. The van der Waals surface area contributed by atoms with Crippen LogP contribution in [0.3, 0.4) is 0 Å². The molecule has 0 saturated carbocycles. The van der Waals surface area contributed by atoms with Gasteiger partial charge in [0.2, 0.25) is 0 Å². The van der Waals surface area contributed by atoms with Crippen LogP contribution in [-0.4, -0.2) is 18.1 Å². The number of aromatic amines is 1. The first-order valence-corrected chi connectivity index (χ1v) is 6.62. The number of esters is 1. The average Bonchev–Trinajstić information content (AvgIpc) is 2.80. The van der Waals surface area contributed by atoms with Crippen LogP contribution in [0.25, 0.3) is 21.7 Å². The van der Waals surface area contributed by atoms with Gasteiger partial charge in [0.25, 0.3) is 5.56 Å². The number of H-pyrrole nitrogens is 1. The van der Waals surface area contributed by atoms with E-state index in [4.69, 9.17) is 0 Å². The minimum absolute atomic E-state index is 0.122. The lowest BCUT2D eigenvalue weighted by molar-refractivity contribution is 0.0601. The van der Waals surface area contributed by atoms with Crippen molar-refractivity contribution in [1.82, 2.24) is 4.98 Å². The SMILES string of the molecule is COC(=O)c1ccc2c(c1)[nH]c(=O)c1c(C)scc12. The molecule has 5 heteroatoms. The number of fused-ring (bicyclic) bond motifs is 3. The van der Waals surface area contributed by atoms with Crippen LogP contribution < -0.4 is 5.56 Å². The summed E-state index contributed by atoms with van der Waals surface area (Å²) in [5.41, 5.74) is 0.957. The Morgan fingerprint density at radius 2 is 2.11 bits per heavy atom. The van der Waals surface area contributed by atoms with Crippen LogP contribution in [0.1, 0.15) is 15.2 Å². The summed E-state index contributed by atoms with van der Waals surface area (Å²) in [6, 6.07) is 5.19. The molecule has 2 aromatic heterocycles. The Hall–Kier alpha value is -2.14. The Kier molecular flexibility index (Phi) is 2.64. The summed E-state index contributed by atoms with van der Waals surface area (Å²) < 4.78 is 4.68. The van der Waals surface area contributed by atoms with Crippen LogP contribution >= 0.6 is 11.3 Å². The van der Waals surface area contributed by atoms with E-state index in [1.54, 1.807) is 23.5 Å². The molecule has 0 unspecified atom stereocenters. The Labute approximate surface area is 112 Å². The highest BCUT2D eigenvalue weighted by atomic mass is 32.1. The molecule has 4 nitrogen and oxygen atoms in total. The summed E-state index contributed by atoms with van der Waals surface area (Å²) in [5.74, 6) is -0.413. The number of hydrogen-bond donors (Lipinski definition) is 1. The molecular weight excluding hydrogens is 262 g/mol. The van der Waals surface area contributed by atoms with E-state index in [9.17, 15) is 9.59 Å². The molecule has 1 N–H and O–H groups in total. The van der Waals surface area contributed by atoms with E-state index in [1.807, 2.05) is 18.4 Å². The number of carbonyl (C=O) groups excluding carboxylic acids is 1. The van der Waals surface area contributed by atoms with Gasteiger partial charge < -0.3 is 9.72 Å². The minimum Gasteiger partial charge on any atom is -0.465 e. The van der Waals surface area contributed by atoms with E-state index in [1.165, 1.54) is 7.11 Å². The van der Waals surface area contributed by atoms with Crippen molar-refractivity contribution in [2.75, 3.05) is 7.11 Å². The van der Waals surface area contributed by atoms with E-state index >= 15 is 0 Å². The highest BCUT2D eigenvalue weighted by molar-refractivity contribution is 7.11. The number of benzene rings is 1. The Balaban J connectivity index is 2.40. The Morgan fingerprint density at radius 1 is 1.32 bits per heavy atom. The monoisotopic (exact) mass is 273 g/mol. The second-order valence-corrected chi connectivity index (χ2v) is 5.37. The fourth-order valence-corrected chi connectivity index (χ4v) is 3.11. The lowest BCUT2D eigenvalue weighted by atomic mass is 10.1. The number of aromatic nitrogens is 1. The molecule has 2 heterocycles. The normalized spacial score (nSPS) is 11.1. The maximum atomic E-state index is 12.1. The van der Waals surface area contributed by atoms with Gasteiger partial charge in [-0.15, -0.1) is 11.3 Å². The van der Waals surface area contributed by atoms with Crippen LogP contribution in [0.2, 0.25) is 0 Å². The average molecular weight is 273 g/mol. The number of aryl methyl sites for hydroxylation is 1. The van der Waals surface area contributed by atoms with Gasteiger partial charge >= 0.3 is 5.97 Å². The molecule has 0 aliphatic carbocycles. The fourth-order valence-electron chi connectivity index (χ4n) is 2.25. The third kappa shape index (κ3) is 1.74. The zero-order valence-corrected chi connectivity index (χ0v) is 11.3. The predicted molar refractivity (Wildman–Crippen MR) is 76.0 cm³/mol. The second kappa shape index (κ2) is 4.20. The third-order valence-corrected chi connectivity index (χ3v) is 4.09. The molecule has 0 saturated heterocycles. The van der Waals surface area contributed by atoms with Gasteiger partial charge in [-0.05, 0) is 24.4 Å². The number of hydrogen-bond acceptors (Lipinski definition) is 4. The van der Waals surface area contributed by atoms with Gasteiger partial charge in [0.05, 0.1) is 18.1 Å². The van der Waals surface area contributed by atoms with E-state index in [0.717, 1.165) is 21.0 Å². The number of nitrogens with one attached hydrogen (secondary N) is 1. The van der Waals surface area contributed by atoms with E-state index in [-0.39, 0.29) is 5.56 Å². The van der Waals surface area contributed by atoms with Gasteiger partial charge in [-0.3, -0.25) is 4.79 Å². The standard InChI is InChI=1S/C14H11NO3S/c1-7-12-10(6-19-7)9-4-3-8(14(17)18-2)5-11(9)15-13(12)16/h3-6H,1-2H3,(H,15,16). The van der Waals surface area contributed by atoms with Crippen molar-refractivity contribution in [3.05, 3.63) is 44.4 Å². The minimum atomic E-state index is -0.413. The summed E-state index contributed by atoms with van der Waals surface area (Å²) in [4.78, 5) is 27.4. The van der Waals surface area contributed by atoms with Crippen molar-refractivity contribution in [2.45, 2.75) is 6.92 Å². The first kappa shape index (κ1) is 11.9. The van der Waals surface area contributed by atoms with Crippen molar-refractivity contribution in [2.24, 2.45) is 0 Å². The molecule has 19 heavy (non-hydrogen) atoms. The zero-order valence-electron chi connectivity index (χ0n) is 10.4. The summed E-state index contributed by atoms with van der Waals surface area (Å²) in [6.45, 7) is 1.93. The van der Waals surface area contributed by atoms with Gasteiger partial charge in [0.15, 0.2) is 0 Å². The van der Waals surface area contributed by atoms with Crippen LogP contribution in [0.15, 0.2) is 28.4 Å². The van der Waals surface area contributed by atoms with Gasteiger partial charge in [-0.1, -0.05) is 6.07 Å². The smallest absolute Gasteiger partial charge is 0.337 e. The summed E-state index contributed by atoms with van der Waals surface area (Å²) in [6.07, 6.45) is 0. The molecular formula is C14H11NO3S. The number of rotatable bonds is 1. The predicted octanol–water partition coefficient (Wildman–Crippen LogP) is 2.84. The van der Waals surface area contributed by atoms with Gasteiger partial charge in [0.1, 0.15) is 0 Å². The highest BCUT2D eigenvalue weighted by Crippen LogP contribution is 2.28. The topological polar surface area (TPSA) is 59.2 Å². The summed E-state index contributed by atoms with van der Waals surface area (Å²) >= 11 is 1.55. The van der Waals surface area contributed by atoms with Crippen LogP contribution in [0, 0.1) is 6.92 Å². The molecule has 0 spiro atoms. The van der Waals surface area contributed by atoms with E-state index < -0.39 is 5.97 Å². The molecule has 0 atom stereocenters. The lowest BCUT2D eigenvalue weighted by Crippen LogP contribution is -2.07. The molecule has 0 fully saturated rings. The first-order valence-electron chi connectivity index (χ1n) is 5.74. The highest BCUT2D eigenvalue weighted by Gasteiger charge is 2.12. The fraction of sp³-hybridized carbons (Fsp3) is 0.143. The van der Waals surface area contributed by atoms with Crippen molar-refractivity contribution in [3.8, 4) is 0 Å². The van der Waals surface area contributed by atoms with Gasteiger partial charge in [-0.25, -0.2) is 4.79 Å². The van der Waals surface area contributed by atoms with Gasteiger partial charge in [0, 0.05) is 21.2 Å². The van der Waals surface area contributed by atoms with Crippen molar-refractivity contribution < 1.29 is 9.53 Å². The molecule has 0 bridgehead atoms. The number of carbonyl (C=O) groups is 1. The molecule has 0 aliphatic heterocycles. The Bertz CT molecular complexity index is 860. The van der Waals surface area contributed by atoms with Crippen molar-refractivity contribution in [3.63, 3.8) is 0 Å². The number of pyridine rings is 1. The molecule has 1 aromatic carbocycles. The van der Waals surface area contributed by atoms with E-state index in [2.05, 4.69) is 9.72 Å². The molecule has 3 aromatic rings. The molecule has 0 aliphatic rings. The molecule has 3 rings (SSSR count). The summed E-state index contributed by atoms with van der Waals surface area (Å²) in [5, 5.41) is 4.56. The van der Waals surface area contributed by atoms with E-state index in [0.29, 0.717) is 11.1 Å². The second-order valence-electron chi connectivity index (χ2n) is 4.29.